The fourth-order valence-electron chi connectivity index (χ4n) is 8.15. The van der Waals surface area contributed by atoms with E-state index in [1.807, 2.05) is 0 Å². The quantitative estimate of drug-likeness (QED) is 0.0913. The Hall–Kier alpha value is -2.42. The van der Waals surface area contributed by atoms with Crippen LogP contribution < -0.4 is 26.6 Å². The van der Waals surface area contributed by atoms with E-state index in [0.29, 0.717) is 17.8 Å². The van der Waals surface area contributed by atoms with Crippen LogP contribution in [0.15, 0.2) is 77.8 Å². The highest BCUT2D eigenvalue weighted by atomic mass is 28.2. The Balaban J connectivity index is 1.52. The van der Waals surface area contributed by atoms with Crippen LogP contribution in [-0.2, 0) is 0 Å². The third-order valence-electron chi connectivity index (χ3n) is 11.8. The van der Waals surface area contributed by atoms with E-state index in [9.17, 15) is 0 Å². The van der Waals surface area contributed by atoms with E-state index in [2.05, 4.69) is 120 Å². The molecular formula is C42H67N3Si3. The maximum absolute atomic E-state index is 6.04. The molecule has 1 fully saturated rings. The van der Waals surface area contributed by atoms with Crippen molar-refractivity contribution in [3.8, 4) is 0 Å². The fourth-order valence-corrected chi connectivity index (χ4v) is 13.7. The third-order valence-corrected chi connectivity index (χ3v) is 19.5. The molecule has 0 spiro atoms. The van der Waals surface area contributed by atoms with Crippen LogP contribution in [0.5, 0.6) is 0 Å². The van der Waals surface area contributed by atoms with Crippen molar-refractivity contribution in [1.82, 2.24) is 0 Å². The van der Waals surface area contributed by atoms with Crippen molar-refractivity contribution in [2.45, 2.75) is 122 Å². The smallest absolute Gasteiger partial charge is 0.0628 e. The molecule has 4 atom stereocenters. The molecule has 1 aliphatic rings. The number of hydrogen-bond donors (Lipinski definition) is 2. The van der Waals surface area contributed by atoms with Crippen LogP contribution >= 0.6 is 0 Å². The van der Waals surface area contributed by atoms with Gasteiger partial charge < -0.3 is 11.1 Å². The molecule has 0 amide bonds. The molecule has 0 aliphatic heterocycles. The number of nitrogen functional groups attached to an aromatic ring is 1. The van der Waals surface area contributed by atoms with Gasteiger partial charge in [0.15, 0.2) is 0 Å². The highest BCUT2D eigenvalue weighted by molar-refractivity contribution is 6.55. The van der Waals surface area contributed by atoms with Gasteiger partial charge in [-0.2, -0.15) is 0 Å². The molecule has 0 radical (unpaired) electrons. The summed E-state index contributed by atoms with van der Waals surface area (Å²) in [5, 5.41) is 8.67. The van der Waals surface area contributed by atoms with Crippen LogP contribution in [-0.4, -0.2) is 40.8 Å². The third kappa shape index (κ3) is 12.2. The van der Waals surface area contributed by atoms with Crippen molar-refractivity contribution < 1.29 is 0 Å². The molecule has 0 aromatic heterocycles. The molecule has 4 rings (SSSR count). The van der Waals surface area contributed by atoms with Crippen molar-refractivity contribution in [2.75, 3.05) is 17.6 Å². The Labute approximate surface area is 301 Å². The second-order valence-corrected chi connectivity index (χ2v) is 22.3. The zero-order valence-electron chi connectivity index (χ0n) is 31.3. The first-order valence-corrected chi connectivity index (χ1v) is 24.2. The van der Waals surface area contributed by atoms with Gasteiger partial charge in [-0.3, -0.25) is 4.99 Å². The van der Waals surface area contributed by atoms with E-state index in [-0.39, 0.29) is 28.6 Å². The predicted molar refractivity (Wildman–Crippen MR) is 226 cm³/mol. The van der Waals surface area contributed by atoms with Gasteiger partial charge in [-0.15, -0.1) is 0 Å². The molecule has 6 heteroatoms. The summed E-state index contributed by atoms with van der Waals surface area (Å²) in [4.78, 5) is 5.35. The lowest BCUT2D eigenvalue weighted by atomic mass is 9.78. The first-order valence-electron chi connectivity index (χ1n) is 19.6. The maximum Gasteiger partial charge on any atom is 0.0628 e. The number of nitrogens with two attached hydrogens (primary N) is 1. The number of anilines is 2. The van der Waals surface area contributed by atoms with Gasteiger partial charge in [0.25, 0.3) is 0 Å². The highest BCUT2D eigenvalue weighted by Crippen LogP contribution is 2.37. The predicted octanol–water partition coefficient (Wildman–Crippen LogP) is 7.78. The van der Waals surface area contributed by atoms with Gasteiger partial charge in [0, 0.05) is 29.5 Å². The van der Waals surface area contributed by atoms with E-state index >= 15 is 0 Å². The van der Waals surface area contributed by atoms with Gasteiger partial charge in [-0.25, -0.2) is 0 Å². The monoisotopic (exact) mass is 697 g/mol. The first kappa shape index (κ1) is 38.4. The Morgan fingerprint density at radius 2 is 1.27 bits per heavy atom. The molecule has 0 saturated heterocycles. The van der Waals surface area contributed by atoms with Gasteiger partial charge in [0.2, 0.25) is 0 Å². The van der Waals surface area contributed by atoms with E-state index in [4.69, 9.17) is 10.7 Å². The topological polar surface area (TPSA) is 50.4 Å². The van der Waals surface area contributed by atoms with Gasteiger partial charge in [0.1, 0.15) is 0 Å². The Morgan fingerprint density at radius 3 is 1.83 bits per heavy atom. The number of hydrogen-bond acceptors (Lipinski definition) is 3. The van der Waals surface area contributed by atoms with Crippen LogP contribution in [0.1, 0.15) is 106 Å². The van der Waals surface area contributed by atoms with Crippen molar-refractivity contribution in [3.05, 3.63) is 72.8 Å². The highest BCUT2D eigenvalue weighted by Gasteiger charge is 2.30. The van der Waals surface area contributed by atoms with Crippen LogP contribution in [0.3, 0.4) is 0 Å². The molecule has 262 valence electrons. The number of nitrogens with zero attached hydrogens (tertiary/aromatic N) is 1. The molecule has 48 heavy (non-hydrogen) atoms. The Morgan fingerprint density at radius 1 is 0.729 bits per heavy atom. The van der Waals surface area contributed by atoms with Gasteiger partial charge >= 0.3 is 0 Å². The zero-order valence-corrected chi connectivity index (χ0v) is 35.6. The fraction of sp³-hybridized carbons (Fsp3) is 0.548. The normalized spacial score (nSPS) is 21.5. The summed E-state index contributed by atoms with van der Waals surface area (Å²) in [7, 11) is -0.770. The summed E-state index contributed by atoms with van der Waals surface area (Å²) < 4.78 is 0. The standard InChI is InChI=1S/C42H67N3Si3/c1-7-32-13-21-38(48-39-22-14-33(43)15-23-39)20-12-31(29-44-34-16-24-40(25-17-34)46-36(8-2)9-3)28-42(32)30(6)45-35-18-26-41(27-19-35)47-37(10-4)11-5/h14-19,22-27,31-32,36-38,42,44H,7-13,20-21,28-29,43,46-48H2,1-6H3. The SMILES string of the molecule is CCC(CC)[SiH2]c1ccc(N=C(C)C2CC(CNc3ccc([SiH2]C(CC)CC)cc3)CCC([SiH2]c3ccc(N)cc3)CCC2CC)cc1. The second-order valence-electron chi connectivity index (χ2n) is 15.1. The van der Waals surface area contributed by atoms with Crippen LogP contribution in [0.4, 0.5) is 17.1 Å². The lowest BCUT2D eigenvalue weighted by Gasteiger charge is -2.29. The van der Waals surface area contributed by atoms with Crippen molar-refractivity contribution in [2.24, 2.45) is 22.7 Å². The first-order chi connectivity index (χ1) is 23.3. The molecule has 1 aliphatic carbocycles. The average Bonchev–Trinajstić information content (AvgIpc) is 3.20. The van der Waals surface area contributed by atoms with Gasteiger partial charge in [0.05, 0.1) is 34.2 Å². The van der Waals surface area contributed by atoms with E-state index in [1.165, 1.54) is 75.6 Å². The van der Waals surface area contributed by atoms with Gasteiger partial charge in [-0.05, 0) is 91.0 Å². The zero-order chi connectivity index (χ0) is 34.3. The Kier molecular flexibility index (Phi) is 16.2. The molecule has 4 unspecified atom stereocenters. The summed E-state index contributed by atoms with van der Waals surface area (Å²) in [6.07, 6.45) is 13.1. The molecule has 0 bridgehead atoms. The summed E-state index contributed by atoms with van der Waals surface area (Å²) in [5.41, 5.74) is 13.4. The summed E-state index contributed by atoms with van der Waals surface area (Å²) in [5.74, 6) is 1.86. The van der Waals surface area contributed by atoms with E-state index in [0.717, 1.165) is 34.5 Å². The number of aliphatic imine (C=N–C) groups is 1. The molecule has 3 aromatic rings. The summed E-state index contributed by atoms with van der Waals surface area (Å²) in [6, 6.07) is 27.7. The van der Waals surface area contributed by atoms with Gasteiger partial charge in [-0.1, -0.05) is 132 Å². The minimum absolute atomic E-state index is 0.194. The molecule has 0 heterocycles. The van der Waals surface area contributed by atoms with E-state index < -0.39 is 0 Å². The molecular weight excluding hydrogens is 631 g/mol. The van der Waals surface area contributed by atoms with Crippen molar-refractivity contribution >= 4 is 66.9 Å². The number of rotatable bonds is 16. The largest absolute Gasteiger partial charge is 0.399 e. The Bertz CT molecular complexity index is 1350. The summed E-state index contributed by atoms with van der Waals surface area (Å²) in [6.45, 7) is 15.2. The maximum atomic E-state index is 6.04. The lowest BCUT2D eigenvalue weighted by molar-refractivity contribution is 0.318. The number of nitrogens with one attached hydrogen (secondary N) is 1. The average molecular weight is 698 g/mol. The van der Waals surface area contributed by atoms with Crippen molar-refractivity contribution in [3.63, 3.8) is 0 Å². The number of benzene rings is 3. The van der Waals surface area contributed by atoms with Crippen molar-refractivity contribution in [1.29, 1.82) is 0 Å². The van der Waals surface area contributed by atoms with Crippen LogP contribution in [0.2, 0.25) is 16.6 Å². The van der Waals surface area contributed by atoms with E-state index in [1.54, 1.807) is 15.6 Å². The molecule has 3 N–H and O–H groups in total. The van der Waals surface area contributed by atoms with Crippen LogP contribution in [0, 0.1) is 17.8 Å². The minimum atomic E-state index is -0.361. The molecule has 3 aromatic carbocycles. The lowest BCUT2D eigenvalue weighted by Crippen LogP contribution is -2.27. The molecule has 3 nitrogen and oxygen atoms in total. The summed E-state index contributed by atoms with van der Waals surface area (Å²) >= 11 is 0. The molecule has 1 saturated carbocycles. The second kappa shape index (κ2) is 20.3. The minimum Gasteiger partial charge on any atom is -0.399 e. The van der Waals surface area contributed by atoms with Crippen LogP contribution in [0.25, 0.3) is 0 Å².